The molecule has 0 aromatic heterocycles. The molecule has 0 amide bonds. The van der Waals surface area contributed by atoms with Gasteiger partial charge in [0.1, 0.15) is 0 Å². The predicted octanol–water partition coefficient (Wildman–Crippen LogP) is 3.22. The van der Waals surface area contributed by atoms with Crippen molar-refractivity contribution in [3.05, 3.63) is 0 Å². The van der Waals surface area contributed by atoms with E-state index >= 15 is 0 Å². The van der Waals surface area contributed by atoms with Crippen molar-refractivity contribution >= 4 is 0 Å². The number of aliphatic hydroxyl groups is 1. The van der Waals surface area contributed by atoms with Gasteiger partial charge in [0.25, 0.3) is 0 Å². The summed E-state index contributed by atoms with van der Waals surface area (Å²) >= 11 is 0. The Labute approximate surface area is 87.9 Å². The monoisotopic (exact) mass is 196 g/mol. The lowest BCUT2D eigenvalue weighted by atomic mass is 9.45. The first kappa shape index (κ1) is 10.5. The van der Waals surface area contributed by atoms with Gasteiger partial charge in [-0.05, 0) is 61.2 Å². The molecule has 0 spiro atoms. The van der Waals surface area contributed by atoms with E-state index in [0.717, 1.165) is 29.8 Å². The molecule has 4 bridgehead atoms. The van der Waals surface area contributed by atoms with Crippen LogP contribution in [0.5, 0.6) is 0 Å². The third-order valence-corrected chi connectivity index (χ3v) is 4.65. The predicted molar refractivity (Wildman–Crippen MR) is 59.0 cm³/mol. The average Bonchev–Trinajstić information content (AvgIpc) is 2.00. The summed E-state index contributed by atoms with van der Waals surface area (Å²) in [5.41, 5.74) is 1.53. The van der Waals surface area contributed by atoms with Gasteiger partial charge in [0.2, 0.25) is 0 Å². The largest absolute Gasteiger partial charge is 0.400 e. The molecule has 0 saturated heterocycles. The zero-order valence-electron chi connectivity index (χ0n) is 9.84. The fourth-order valence-corrected chi connectivity index (χ4v) is 5.22. The summed E-state index contributed by atoms with van der Waals surface area (Å²) < 4.78 is 0. The van der Waals surface area contributed by atoms with Gasteiger partial charge in [-0.2, -0.15) is 0 Å². The van der Waals surface area contributed by atoms with Gasteiger partial charge in [0.05, 0.1) is 0 Å². The Balaban J connectivity index is 0.000000354. The van der Waals surface area contributed by atoms with Gasteiger partial charge in [0, 0.05) is 7.11 Å². The Morgan fingerprint density at radius 2 is 1.21 bits per heavy atom. The van der Waals surface area contributed by atoms with E-state index in [1.54, 1.807) is 32.1 Å². The van der Waals surface area contributed by atoms with E-state index in [-0.39, 0.29) is 0 Å². The molecule has 0 aliphatic heterocycles. The van der Waals surface area contributed by atoms with Crippen LogP contribution in [0.1, 0.15) is 52.4 Å². The van der Waals surface area contributed by atoms with Gasteiger partial charge in [-0.3, -0.25) is 0 Å². The van der Waals surface area contributed by atoms with Crippen molar-refractivity contribution in [2.75, 3.05) is 7.11 Å². The standard InChI is InChI=1S/C12H20.CH4O/c1-11-4-9-3-10(5-11)7-12(2,6-9)8-11;1-2/h9-10H,3-8H2,1-2H3;2H,1H3. The third kappa shape index (κ3) is 1.60. The van der Waals surface area contributed by atoms with E-state index in [2.05, 4.69) is 13.8 Å². The maximum atomic E-state index is 7.00. The van der Waals surface area contributed by atoms with Crippen LogP contribution in [0.2, 0.25) is 0 Å². The van der Waals surface area contributed by atoms with Crippen LogP contribution in [-0.4, -0.2) is 12.2 Å². The lowest BCUT2D eigenvalue weighted by Gasteiger charge is -2.60. The second kappa shape index (κ2) is 3.23. The molecular weight excluding hydrogens is 172 g/mol. The van der Waals surface area contributed by atoms with Crippen molar-refractivity contribution in [3.8, 4) is 0 Å². The zero-order chi connectivity index (χ0) is 10.4. The van der Waals surface area contributed by atoms with Crippen molar-refractivity contribution in [2.24, 2.45) is 22.7 Å². The topological polar surface area (TPSA) is 20.2 Å². The number of hydrogen-bond donors (Lipinski definition) is 1. The molecule has 4 fully saturated rings. The van der Waals surface area contributed by atoms with Gasteiger partial charge in [0.15, 0.2) is 0 Å². The molecule has 0 aromatic carbocycles. The van der Waals surface area contributed by atoms with Crippen LogP contribution in [0.3, 0.4) is 0 Å². The molecule has 4 aliphatic carbocycles. The van der Waals surface area contributed by atoms with E-state index < -0.39 is 0 Å². The van der Waals surface area contributed by atoms with Gasteiger partial charge >= 0.3 is 0 Å². The van der Waals surface area contributed by atoms with E-state index in [4.69, 9.17) is 5.11 Å². The molecule has 4 aliphatic rings. The molecular formula is C13H24O. The lowest BCUT2D eigenvalue weighted by Crippen LogP contribution is -2.49. The van der Waals surface area contributed by atoms with E-state index in [1.807, 2.05) is 0 Å². The molecule has 0 aromatic rings. The highest BCUT2D eigenvalue weighted by atomic mass is 16.2. The SMILES string of the molecule is CC12CC3CC(C1)CC(C)(C3)C2.CO. The summed E-state index contributed by atoms with van der Waals surface area (Å²) in [6.07, 6.45) is 9.33. The summed E-state index contributed by atoms with van der Waals surface area (Å²) in [6, 6.07) is 0. The average molecular weight is 196 g/mol. The highest BCUT2D eigenvalue weighted by Crippen LogP contribution is 2.64. The van der Waals surface area contributed by atoms with Gasteiger partial charge < -0.3 is 5.11 Å². The van der Waals surface area contributed by atoms with Gasteiger partial charge in [-0.25, -0.2) is 0 Å². The summed E-state index contributed by atoms with van der Waals surface area (Å²) in [5.74, 6) is 2.22. The molecule has 14 heavy (non-hydrogen) atoms. The molecule has 1 nitrogen and oxygen atoms in total. The van der Waals surface area contributed by atoms with Crippen LogP contribution in [-0.2, 0) is 0 Å². The maximum absolute atomic E-state index is 7.00. The number of aliphatic hydroxyl groups excluding tert-OH is 1. The summed E-state index contributed by atoms with van der Waals surface area (Å²) in [5, 5.41) is 7.00. The quantitative estimate of drug-likeness (QED) is 0.630. The molecule has 4 saturated carbocycles. The second-order valence-electron chi connectivity index (χ2n) is 6.58. The Morgan fingerprint density at radius 3 is 1.50 bits per heavy atom. The smallest absolute Gasteiger partial charge is 0.0319 e. The molecule has 4 rings (SSSR count). The molecule has 82 valence electrons. The Hall–Kier alpha value is -0.0400. The van der Waals surface area contributed by atoms with Crippen molar-refractivity contribution in [1.82, 2.24) is 0 Å². The Bertz CT molecular complexity index is 187. The van der Waals surface area contributed by atoms with Crippen LogP contribution in [0.15, 0.2) is 0 Å². The minimum absolute atomic E-state index is 0.763. The molecule has 1 N–H and O–H groups in total. The first-order valence-corrected chi connectivity index (χ1v) is 6.02. The van der Waals surface area contributed by atoms with Crippen molar-refractivity contribution < 1.29 is 5.11 Å². The maximum Gasteiger partial charge on any atom is 0.0319 e. The van der Waals surface area contributed by atoms with Gasteiger partial charge in [-0.1, -0.05) is 13.8 Å². The fraction of sp³-hybridized carbons (Fsp3) is 1.00. The highest BCUT2D eigenvalue weighted by molar-refractivity contribution is 5.04. The second-order valence-corrected chi connectivity index (χ2v) is 6.58. The minimum Gasteiger partial charge on any atom is -0.400 e. The van der Waals surface area contributed by atoms with Crippen molar-refractivity contribution in [1.29, 1.82) is 0 Å². The van der Waals surface area contributed by atoms with E-state index in [0.29, 0.717) is 0 Å². The first-order chi connectivity index (χ1) is 6.57. The molecule has 0 atom stereocenters. The summed E-state index contributed by atoms with van der Waals surface area (Å²) in [4.78, 5) is 0. The molecule has 1 heteroatoms. The van der Waals surface area contributed by atoms with E-state index in [1.165, 1.54) is 6.42 Å². The zero-order valence-corrected chi connectivity index (χ0v) is 9.84. The first-order valence-electron chi connectivity index (χ1n) is 6.02. The summed E-state index contributed by atoms with van der Waals surface area (Å²) in [7, 11) is 1.00. The number of hydrogen-bond acceptors (Lipinski definition) is 1. The highest BCUT2D eigenvalue weighted by Gasteiger charge is 2.53. The minimum atomic E-state index is 0.763. The van der Waals surface area contributed by atoms with Gasteiger partial charge in [-0.15, -0.1) is 0 Å². The van der Waals surface area contributed by atoms with Crippen molar-refractivity contribution in [3.63, 3.8) is 0 Å². The Morgan fingerprint density at radius 1 is 0.857 bits per heavy atom. The van der Waals surface area contributed by atoms with E-state index in [9.17, 15) is 0 Å². The third-order valence-electron chi connectivity index (χ3n) is 4.65. The fourth-order valence-electron chi connectivity index (χ4n) is 5.22. The van der Waals surface area contributed by atoms with Crippen LogP contribution < -0.4 is 0 Å². The molecule has 0 radical (unpaired) electrons. The van der Waals surface area contributed by atoms with Crippen LogP contribution in [0, 0.1) is 22.7 Å². The summed E-state index contributed by atoms with van der Waals surface area (Å²) in [6.45, 7) is 5.09. The number of rotatable bonds is 0. The van der Waals surface area contributed by atoms with Crippen LogP contribution in [0.4, 0.5) is 0 Å². The normalized spacial score (nSPS) is 54.0. The lowest BCUT2D eigenvalue weighted by molar-refractivity contribution is -0.0920. The van der Waals surface area contributed by atoms with Crippen LogP contribution >= 0.6 is 0 Å². The molecule has 0 unspecified atom stereocenters. The van der Waals surface area contributed by atoms with Crippen molar-refractivity contribution in [2.45, 2.75) is 52.4 Å². The molecule has 0 heterocycles. The van der Waals surface area contributed by atoms with Crippen LogP contribution in [0.25, 0.3) is 0 Å². The Kier molecular flexibility index (Phi) is 2.42.